The normalized spacial score (nSPS) is 32.2. The van der Waals surface area contributed by atoms with Gasteiger partial charge in [-0.3, -0.25) is 9.79 Å². The average molecular weight is 629 g/mol. The van der Waals surface area contributed by atoms with Crippen LogP contribution in [0, 0.1) is 22.7 Å². The molecule has 2 aliphatic carbocycles. The molecule has 244 valence electrons. The fourth-order valence-electron chi connectivity index (χ4n) is 7.50. The molecule has 2 saturated carbocycles. The topological polar surface area (TPSA) is 185 Å². The molecule has 46 heavy (non-hydrogen) atoms. The van der Waals surface area contributed by atoms with E-state index in [-0.39, 0.29) is 48.1 Å². The number of carbonyl (C=O) groups is 2. The number of aliphatic hydroxyl groups is 2. The van der Waals surface area contributed by atoms with E-state index in [0.29, 0.717) is 48.7 Å². The number of ketones is 1. The molecular weight excluding hydrogens is 584 g/mol. The number of Topliss-reactive ketones (excluding diaryl/α,β-unsaturated/α-hetero) is 1. The van der Waals surface area contributed by atoms with Crippen LogP contribution in [0.3, 0.4) is 0 Å². The number of esters is 1. The molecule has 0 spiro atoms. The molecule has 0 bridgehead atoms. The Morgan fingerprint density at radius 2 is 2.02 bits per heavy atom. The van der Waals surface area contributed by atoms with Crippen molar-refractivity contribution in [1.82, 2.24) is 5.32 Å². The first kappa shape index (κ1) is 33.2. The van der Waals surface area contributed by atoms with Crippen molar-refractivity contribution in [1.29, 1.82) is 0 Å². The van der Waals surface area contributed by atoms with Crippen LogP contribution in [0.2, 0.25) is 0 Å². The average Bonchev–Trinajstić information content (AvgIpc) is 3.65. The molecular formula is C35H44N6O5. The minimum Gasteiger partial charge on any atom is -0.423 e. The van der Waals surface area contributed by atoms with Crippen LogP contribution < -0.4 is 16.8 Å². The zero-order chi connectivity index (χ0) is 33.2. The SMILES string of the molecule is C=C1C(NC(C)C(=O)CC2=NCC=N2)CC2[C@](C)(CC[C@@H](O)[C@@]2(C)CO)C1/C=C/C1=CC(=C\c2ccc(N=C(N)N)cc2)/OC1=O. The van der Waals surface area contributed by atoms with Crippen molar-refractivity contribution in [3.05, 3.63) is 71.5 Å². The van der Waals surface area contributed by atoms with E-state index in [9.17, 15) is 19.8 Å². The largest absolute Gasteiger partial charge is 0.423 e. The lowest BCUT2D eigenvalue weighted by molar-refractivity contribution is -0.149. The summed E-state index contributed by atoms with van der Waals surface area (Å²) < 4.78 is 5.54. The number of benzene rings is 1. The molecule has 7 N–H and O–H groups in total. The molecule has 4 unspecified atom stereocenters. The number of fused-ring (bicyclic) bond motifs is 1. The molecule has 2 fully saturated rings. The maximum Gasteiger partial charge on any atom is 0.343 e. The maximum absolute atomic E-state index is 13.1. The summed E-state index contributed by atoms with van der Waals surface area (Å²) >= 11 is 0. The van der Waals surface area contributed by atoms with Crippen LogP contribution in [0.1, 0.15) is 52.0 Å². The van der Waals surface area contributed by atoms with Crippen molar-refractivity contribution in [2.45, 2.75) is 64.6 Å². The third kappa shape index (κ3) is 6.67. The lowest BCUT2D eigenvalue weighted by Gasteiger charge is -2.61. The smallest absolute Gasteiger partial charge is 0.343 e. The summed E-state index contributed by atoms with van der Waals surface area (Å²) in [6, 6.07) is 6.41. The van der Waals surface area contributed by atoms with E-state index in [1.807, 2.05) is 32.1 Å². The Bertz CT molecular complexity index is 1570. The van der Waals surface area contributed by atoms with E-state index in [0.717, 1.165) is 11.1 Å². The van der Waals surface area contributed by atoms with Crippen LogP contribution in [0.25, 0.3) is 6.08 Å². The third-order valence-electron chi connectivity index (χ3n) is 10.2. The second-order valence-electron chi connectivity index (χ2n) is 13.2. The highest BCUT2D eigenvalue weighted by atomic mass is 16.5. The number of aliphatic hydroxyl groups excluding tert-OH is 2. The van der Waals surface area contributed by atoms with Gasteiger partial charge in [0.05, 0.1) is 43.0 Å². The zero-order valence-corrected chi connectivity index (χ0v) is 26.6. The van der Waals surface area contributed by atoms with Gasteiger partial charge in [-0.05, 0) is 67.4 Å². The Kier molecular flexibility index (Phi) is 9.57. The van der Waals surface area contributed by atoms with Crippen LogP contribution in [-0.2, 0) is 14.3 Å². The molecule has 11 nitrogen and oxygen atoms in total. The maximum atomic E-state index is 13.1. The number of hydrogen-bond acceptors (Lipinski definition) is 9. The van der Waals surface area contributed by atoms with Crippen molar-refractivity contribution in [3.63, 3.8) is 0 Å². The van der Waals surface area contributed by atoms with Gasteiger partial charge in [-0.2, -0.15) is 0 Å². The highest BCUT2D eigenvalue weighted by molar-refractivity contribution is 6.07. The lowest BCUT2D eigenvalue weighted by atomic mass is 9.45. The van der Waals surface area contributed by atoms with Gasteiger partial charge in [0.1, 0.15) is 11.6 Å². The van der Waals surface area contributed by atoms with Crippen molar-refractivity contribution in [2.75, 3.05) is 13.2 Å². The van der Waals surface area contributed by atoms with Gasteiger partial charge in [-0.1, -0.05) is 50.3 Å². The molecule has 0 saturated heterocycles. The minimum atomic E-state index is -0.752. The van der Waals surface area contributed by atoms with Gasteiger partial charge in [0.2, 0.25) is 0 Å². The molecule has 11 heteroatoms. The third-order valence-corrected chi connectivity index (χ3v) is 10.2. The predicted molar refractivity (Wildman–Crippen MR) is 179 cm³/mol. The molecule has 1 aromatic carbocycles. The van der Waals surface area contributed by atoms with E-state index in [1.54, 1.807) is 36.6 Å². The summed E-state index contributed by atoms with van der Waals surface area (Å²) in [5.74, 6) is 0.111. The summed E-state index contributed by atoms with van der Waals surface area (Å²) in [5.41, 5.74) is 12.5. The van der Waals surface area contributed by atoms with Crippen molar-refractivity contribution in [3.8, 4) is 0 Å². The summed E-state index contributed by atoms with van der Waals surface area (Å²) in [6.07, 6.45) is 10.2. The zero-order valence-electron chi connectivity index (χ0n) is 26.6. The Morgan fingerprint density at radius 3 is 2.67 bits per heavy atom. The molecule has 5 rings (SSSR count). The van der Waals surface area contributed by atoms with Gasteiger partial charge < -0.3 is 31.7 Å². The molecule has 7 atom stereocenters. The quantitative estimate of drug-likeness (QED) is 0.113. The first-order valence-electron chi connectivity index (χ1n) is 15.7. The fraction of sp³-hybridized carbons (Fsp3) is 0.457. The monoisotopic (exact) mass is 628 g/mol. The van der Waals surface area contributed by atoms with Crippen molar-refractivity contribution >= 4 is 41.5 Å². The number of nitrogens with two attached hydrogens (primary N) is 2. The number of ether oxygens (including phenoxy) is 1. The van der Waals surface area contributed by atoms with Crippen LogP contribution in [0.5, 0.6) is 0 Å². The van der Waals surface area contributed by atoms with E-state index in [1.165, 1.54) is 0 Å². The standard InChI is InChI=1S/C35H44N6O5/c1-20-26(10-7-23-16-25(46-32(23)45)15-22-5-8-24(9-6-22)41-33(36)37)34(3)12-11-30(44)35(4,19-42)29(34)17-27(20)40-21(2)28(43)18-31-38-13-14-39-31/h5-10,13,15-16,21,26-27,29-30,40,42,44H,1,11-12,14,17-19H2,2-4H3,(H4,36,37,41)/b10-7+,25-15+/t21?,26?,27?,29?,30-,34-,35+/m1/s1. The van der Waals surface area contributed by atoms with E-state index in [2.05, 4.69) is 33.8 Å². The number of cyclic esters (lactones) is 1. The number of carbonyl (C=O) groups excluding carboxylic acids is 2. The number of guanidine groups is 1. The van der Waals surface area contributed by atoms with Crippen LogP contribution in [0.4, 0.5) is 5.69 Å². The van der Waals surface area contributed by atoms with Gasteiger partial charge in [-0.15, -0.1) is 0 Å². The molecule has 0 aromatic heterocycles. The van der Waals surface area contributed by atoms with Gasteiger partial charge >= 0.3 is 5.97 Å². The van der Waals surface area contributed by atoms with Gasteiger partial charge in [-0.25, -0.2) is 14.8 Å². The van der Waals surface area contributed by atoms with E-state index < -0.39 is 23.5 Å². The number of hydrogen-bond donors (Lipinski definition) is 5. The Labute approximate surface area is 269 Å². The van der Waals surface area contributed by atoms with Gasteiger partial charge in [0, 0.05) is 23.6 Å². The molecule has 0 radical (unpaired) electrons. The van der Waals surface area contributed by atoms with E-state index >= 15 is 0 Å². The number of amidine groups is 1. The minimum absolute atomic E-state index is 0.0244. The number of nitrogens with zero attached hydrogens (tertiary/aromatic N) is 3. The summed E-state index contributed by atoms with van der Waals surface area (Å²) in [7, 11) is 0. The molecule has 0 amide bonds. The number of rotatable bonds is 10. The fourth-order valence-corrected chi connectivity index (χ4v) is 7.50. The molecule has 2 aliphatic heterocycles. The Balaban J connectivity index is 1.40. The lowest BCUT2D eigenvalue weighted by Crippen LogP contribution is -2.61. The highest BCUT2D eigenvalue weighted by Gasteiger charge is 2.59. The molecule has 1 aromatic rings. The van der Waals surface area contributed by atoms with Crippen LogP contribution in [-0.4, -0.2) is 71.3 Å². The summed E-state index contributed by atoms with van der Waals surface area (Å²) in [5, 5.41) is 25.2. The Morgan fingerprint density at radius 1 is 1.28 bits per heavy atom. The number of aliphatic imine (C=N–C) groups is 3. The second-order valence-corrected chi connectivity index (χ2v) is 13.2. The van der Waals surface area contributed by atoms with Crippen molar-refractivity contribution < 1.29 is 24.5 Å². The predicted octanol–water partition coefficient (Wildman–Crippen LogP) is 3.11. The highest BCUT2D eigenvalue weighted by Crippen LogP contribution is 2.61. The van der Waals surface area contributed by atoms with Crippen LogP contribution >= 0.6 is 0 Å². The van der Waals surface area contributed by atoms with Crippen LogP contribution in [0.15, 0.2) is 81.0 Å². The summed E-state index contributed by atoms with van der Waals surface area (Å²) in [6.45, 7) is 10.8. The molecule has 2 heterocycles. The first-order valence-corrected chi connectivity index (χ1v) is 15.7. The van der Waals surface area contributed by atoms with Crippen molar-refractivity contribution in [2.24, 2.45) is 49.1 Å². The Hall–Kier alpha value is -4.19. The molecule has 4 aliphatic rings. The van der Waals surface area contributed by atoms with Gasteiger partial charge in [0.15, 0.2) is 11.7 Å². The van der Waals surface area contributed by atoms with Gasteiger partial charge in [0.25, 0.3) is 0 Å². The number of nitrogens with one attached hydrogen (secondary N) is 1. The summed E-state index contributed by atoms with van der Waals surface area (Å²) in [4.78, 5) is 38.4. The first-order chi connectivity index (χ1) is 21.8. The number of allylic oxidation sites excluding steroid dienone is 2. The second kappa shape index (κ2) is 13.3. The van der Waals surface area contributed by atoms with E-state index in [4.69, 9.17) is 16.2 Å².